The van der Waals surface area contributed by atoms with Crippen LogP contribution in [0.1, 0.15) is 28.4 Å². The van der Waals surface area contributed by atoms with E-state index in [1.54, 1.807) is 6.07 Å². The normalized spacial score (nSPS) is 10.4. The highest BCUT2D eigenvalue weighted by molar-refractivity contribution is 7.99. The standard InChI is InChI=1S/C17H16O4S/c1-2-11-3-6-14(7-4-11)22-15-8-5-12(17(20)21)9-13(15)10-16(18)19/h3-9H,2,10H2,1H3,(H,18,19)(H,20,21). The molecule has 0 bridgehead atoms. The number of benzene rings is 2. The molecule has 22 heavy (non-hydrogen) atoms. The van der Waals surface area contributed by atoms with E-state index in [2.05, 4.69) is 6.92 Å². The fraction of sp³-hybridized carbons (Fsp3) is 0.176. The van der Waals surface area contributed by atoms with Crippen LogP contribution in [0.4, 0.5) is 0 Å². The van der Waals surface area contributed by atoms with Crippen LogP contribution in [0.25, 0.3) is 0 Å². The highest BCUT2D eigenvalue weighted by atomic mass is 32.2. The van der Waals surface area contributed by atoms with Crippen LogP contribution in [-0.2, 0) is 17.6 Å². The molecule has 0 aliphatic rings. The third-order valence-corrected chi connectivity index (χ3v) is 4.33. The van der Waals surface area contributed by atoms with Crippen molar-refractivity contribution in [3.05, 3.63) is 59.2 Å². The van der Waals surface area contributed by atoms with Crippen molar-refractivity contribution in [2.75, 3.05) is 0 Å². The quantitative estimate of drug-likeness (QED) is 0.849. The van der Waals surface area contributed by atoms with Gasteiger partial charge in [-0.2, -0.15) is 0 Å². The van der Waals surface area contributed by atoms with Gasteiger partial charge in [-0.1, -0.05) is 30.8 Å². The lowest BCUT2D eigenvalue weighted by molar-refractivity contribution is -0.136. The molecule has 2 aromatic carbocycles. The Hall–Kier alpha value is -2.27. The zero-order valence-corrected chi connectivity index (χ0v) is 12.9. The number of rotatable bonds is 6. The molecule has 2 aromatic rings. The molecule has 2 rings (SSSR count). The molecule has 114 valence electrons. The van der Waals surface area contributed by atoms with E-state index in [0.29, 0.717) is 5.56 Å². The molecule has 0 radical (unpaired) electrons. The average Bonchev–Trinajstić information content (AvgIpc) is 2.49. The molecule has 4 nitrogen and oxygen atoms in total. The summed E-state index contributed by atoms with van der Waals surface area (Å²) in [4.78, 5) is 23.8. The molecule has 5 heteroatoms. The van der Waals surface area contributed by atoms with Crippen molar-refractivity contribution in [3.63, 3.8) is 0 Å². The lowest BCUT2D eigenvalue weighted by Crippen LogP contribution is -2.04. The maximum absolute atomic E-state index is 11.0. The van der Waals surface area contributed by atoms with E-state index >= 15 is 0 Å². The first kappa shape index (κ1) is 16.1. The molecule has 0 unspecified atom stereocenters. The zero-order chi connectivity index (χ0) is 16.1. The van der Waals surface area contributed by atoms with Crippen molar-refractivity contribution in [2.24, 2.45) is 0 Å². The van der Waals surface area contributed by atoms with Gasteiger partial charge in [-0.05, 0) is 47.9 Å². The van der Waals surface area contributed by atoms with E-state index < -0.39 is 11.9 Å². The van der Waals surface area contributed by atoms with Gasteiger partial charge in [0.05, 0.1) is 12.0 Å². The Labute approximate surface area is 132 Å². The van der Waals surface area contributed by atoms with Gasteiger partial charge in [-0.15, -0.1) is 0 Å². The first-order valence-corrected chi connectivity index (χ1v) is 7.66. The number of hydrogen-bond donors (Lipinski definition) is 2. The summed E-state index contributed by atoms with van der Waals surface area (Å²) in [5, 5.41) is 18.0. The summed E-state index contributed by atoms with van der Waals surface area (Å²) < 4.78 is 0. The van der Waals surface area contributed by atoms with E-state index in [0.717, 1.165) is 16.2 Å². The van der Waals surface area contributed by atoms with Gasteiger partial charge in [0.15, 0.2) is 0 Å². The summed E-state index contributed by atoms with van der Waals surface area (Å²) in [6, 6.07) is 12.6. The van der Waals surface area contributed by atoms with Gasteiger partial charge >= 0.3 is 11.9 Å². The average molecular weight is 316 g/mol. The third-order valence-electron chi connectivity index (χ3n) is 3.21. The fourth-order valence-corrected chi connectivity index (χ4v) is 2.96. The van der Waals surface area contributed by atoms with Crippen LogP contribution in [0, 0.1) is 0 Å². The highest BCUT2D eigenvalue weighted by Gasteiger charge is 2.12. The monoisotopic (exact) mass is 316 g/mol. The minimum absolute atomic E-state index is 0.0990. The molecule has 0 aliphatic heterocycles. The lowest BCUT2D eigenvalue weighted by atomic mass is 10.1. The van der Waals surface area contributed by atoms with Crippen LogP contribution in [0.3, 0.4) is 0 Å². The molecule has 0 amide bonds. The van der Waals surface area contributed by atoms with E-state index in [1.807, 2.05) is 24.3 Å². The molecule has 0 fully saturated rings. The fourth-order valence-electron chi connectivity index (χ4n) is 2.03. The van der Waals surface area contributed by atoms with Crippen LogP contribution < -0.4 is 0 Å². The predicted molar refractivity (Wildman–Crippen MR) is 84.7 cm³/mol. The molecular formula is C17H16O4S. The molecule has 0 aliphatic carbocycles. The Morgan fingerprint density at radius 2 is 1.73 bits per heavy atom. The van der Waals surface area contributed by atoms with Gasteiger partial charge in [0, 0.05) is 9.79 Å². The summed E-state index contributed by atoms with van der Waals surface area (Å²) in [6.07, 6.45) is 0.763. The largest absolute Gasteiger partial charge is 0.481 e. The van der Waals surface area contributed by atoms with Crippen molar-refractivity contribution >= 4 is 23.7 Å². The Balaban J connectivity index is 2.31. The molecule has 0 heterocycles. The predicted octanol–water partition coefficient (Wildman–Crippen LogP) is 3.73. The summed E-state index contributed by atoms with van der Waals surface area (Å²) in [7, 11) is 0. The molecule has 0 saturated heterocycles. The maximum atomic E-state index is 11.0. The van der Waals surface area contributed by atoms with Crippen LogP contribution in [0.2, 0.25) is 0 Å². The van der Waals surface area contributed by atoms with Crippen molar-refractivity contribution in [1.29, 1.82) is 0 Å². The van der Waals surface area contributed by atoms with Gasteiger partial charge < -0.3 is 10.2 Å². The van der Waals surface area contributed by atoms with Gasteiger partial charge in [0.25, 0.3) is 0 Å². The second-order valence-electron chi connectivity index (χ2n) is 4.80. The molecule has 0 spiro atoms. The summed E-state index contributed by atoms with van der Waals surface area (Å²) in [5.41, 5.74) is 1.84. The number of aryl methyl sites for hydroxylation is 1. The van der Waals surface area contributed by atoms with E-state index in [1.165, 1.54) is 29.5 Å². The molecule has 0 saturated carbocycles. The van der Waals surface area contributed by atoms with E-state index in [-0.39, 0.29) is 12.0 Å². The smallest absolute Gasteiger partial charge is 0.335 e. The van der Waals surface area contributed by atoms with Crippen LogP contribution in [-0.4, -0.2) is 22.2 Å². The van der Waals surface area contributed by atoms with Crippen molar-refractivity contribution in [3.8, 4) is 0 Å². The van der Waals surface area contributed by atoms with Gasteiger partial charge in [0.1, 0.15) is 0 Å². The minimum Gasteiger partial charge on any atom is -0.481 e. The Morgan fingerprint density at radius 3 is 2.27 bits per heavy atom. The van der Waals surface area contributed by atoms with E-state index in [4.69, 9.17) is 10.2 Å². The number of aliphatic carboxylic acids is 1. The van der Waals surface area contributed by atoms with Gasteiger partial charge in [0.2, 0.25) is 0 Å². The second-order valence-corrected chi connectivity index (χ2v) is 5.91. The Morgan fingerprint density at radius 1 is 1.05 bits per heavy atom. The summed E-state index contributed by atoms with van der Waals surface area (Å²) in [5.74, 6) is -2.04. The molecule has 0 atom stereocenters. The van der Waals surface area contributed by atoms with E-state index in [9.17, 15) is 9.59 Å². The Bertz CT molecular complexity index is 692. The number of carbonyl (C=O) groups is 2. The summed E-state index contributed by atoms with van der Waals surface area (Å²) >= 11 is 1.44. The first-order valence-electron chi connectivity index (χ1n) is 6.84. The lowest BCUT2D eigenvalue weighted by Gasteiger charge is -2.09. The van der Waals surface area contributed by atoms with Crippen LogP contribution in [0.5, 0.6) is 0 Å². The molecular weight excluding hydrogens is 300 g/mol. The van der Waals surface area contributed by atoms with Crippen molar-refractivity contribution in [1.82, 2.24) is 0 Å². The topological polar surface area (TPSA) is 74.6 Å². The van der Waals surface area contributed by atoms with Crippen LogP contribution in [0.15, 0.2) is 52.3 Å². The highest BCUT2D eigenvalue weighted by Crippen LogP contribution is 2.31. The number of hydrogen-bond acceptors (Lipinski definition) is 3. The maximum Gasteiger partial charge on any atom is 0.335 e. The number of carboxylic acid groups (broad SMARTS) is 2. The third kappa shape index (κ3) is 4.11. The van der Waals surface area contributed by atoms with Crippen LogP contribution >= 0.6 is 11.8 Å². The SMILES string of the molecule is CCc1ccc(Sc2ccc(C(=O)O)cc2CC(=O)O)cc1. The van der Waals surface area contributed by atoms with Gasteiger partial charge in [-0.3, -0.25) is 4.79 Å². The summed E-state index contributed by atoms with van der Waals surface area (Å²) in [6.45, 7) is 2.08. The second kappa shape index (κ2) is 7.13. The van der Waals surface area contributed by atoms with Crippen molar-refractivity contribution < 1.29 is 19.8 Å². The number of carboxylic acids is 2. The number of aromatic carboxylic acids is 1. The van der Waals surface area contributed by atoms with Gasteiger partial charge in [-0.25, -0.2) is 4.79 Å². The first-order chi connectivity index (χ1) is 10.5. The van der Waals surface area contributed by atoms with Crippen molar-refractivity contribution in [2.45, 2.75) is 29.6 Å². The molecule has 2 N–H and O–H groups in total. The zero-order valence-electron chi connectivity index (χ0n) is 12.1. The molecule has 0 aromatic heterocycles. The minimum atomic E-state index is -1.06. The Kier molecular flexibility index (Phi) is 5.22.